The van der Waals surface area contributed by atoms with E-state index in [2.05, 4.69) is 80.0 Å². The number of hydrogen-bond acceptors (Lipinski definition) is 0. The minimum Gasteiger partial charge on any atom is -0.668 e. The van der Waals surface area contributed by atoms with E-state index in [1.54, 1.807) is 20.0 Å². The Bertz CT molecular complexity index is 390. The monoisotopic (exact) mass is 501 g/mol. The smallest absolute Gasteiger partial charge is 0.668 e. The molecule has 164 valence electrons. The number of hydrogen-bond donors (Lipinski definition) is 0. The van der Waals surface area contributed by atoms with Crippen LogP contribution < -0.4 is 0 Å². The van der Waals surface area contributed by atoms with Gasteiger partial charge in [-0.25, -0.2) is 0 Å². The zero-order valence-corrected chi connectivity index (χ0v) is 25.8. The average molecular weight is 503 g/mol. The van der Waals surface area contributed by atoms with Crippen LogP contribution in [0.25, 0.3) is 15.3 Å². The van der Waals surface area contributed by atoms with Gasteiger partial charge in [-0.05, 0) is 0 Å². The van der Waals surface area contributed by atoms with Crippen molar-refractivity contribution in [3.8, 4) is 0 Å². The Balaban J connectivity index is 0. The molecular formula is C22H49N3Si2Zr. The van der Waals surface area contributed by atoms with Crippen LogP contribution in [0, 0.1) is 17.8 Å². The van der Waals surface area contributed by atoms with Gasteiger partial charge in [-0.2, -0.15) is 32.9 Å². The Morgan fingerprint density at radius 1 is 0.750 bits per heavy atom. The second kappa shape index (κ2) is 12.3. The Hall–Kier alpha value is 1.20. The van der Waals surface area contributed by atoms with E-state index in [0.29, 0.717) is 0 Å². The van der Waals surface area contributed by atoms with Gasteiger partial charge in [0.1, 0.15) is 0 Å². The van der Waals surface area contributed by atoms with Crippen molar-refractivity contribution in [2.45, 2.75) is 111 Å². The molecule has 0 aromatic carbocycles. The molecule has 3 nitrogen and oxygen atoms in total. The van der Waals surface area contributed by atoms with Gasteiger partial charge in [0.2, 0.25) is 0 Å². The van der Waals surface area contributed by atoms with Gasteiger partial charge in [0.05, 0.1) is 0 Å². The van der Waals surface area contributed by atoms with E-state index in [9.17, 15) is 0 Å². The largest absolute Gasteiger partial charge is 4.00 e. The average Bonchev–Trinajstić information content (AvgIpc) is 2.65. The van der Waals surface area contributed by atoms with Gasteiger partial charge in [0.25, 0.3) is 0 Å². The summed E-state index contributed by atoms with van der Waals surface area (Å²) in [7, 11) is 0.540. The first-order chi connectivity index (χ1) is 11.9. The van der Waals surface area contributed by atoms with Crippen LogP contribution in [0.5, 0.6) is 0 Å². The molecule has 28 heavy (non-hydrogen) atoms. The van der Waals surface area contributed by atoms with Crippen molar-refractivity contribution in [1.29, 1.82) is 0 Å². The molecule has 1 rings (SSSR count). The zero-order valence-electron chi connectivity index (χ0n) is 21.3. The second-order valence-electron chi connectivity index (χ2n) is 11.8. The summed E-state index contributed by atoms with van der Waals surface area (Å²) in [6.07, 6.45) is 2.76. The van der Waals surface area contributed by atoms with Crippen molar-refractivity contribution in [2.75, 3.05) is 14.1 Å². The fraction of sp³-hybridized carbons (Fsp3) is 0.955. The molecule has 0 spiro atoms. The van der Waals surface area contributed by atoms with E-state index in [-0.39, 0.29) is 37.3 Å². The molecule has 1 aliphatic carbocycles. The van der Waals surface area contributed by atoms with Crippen molar-refractivity contribution in [3.63, 3.8) is 0 Å². The first kappa shape index (κ1) is 31.4. The quantitative estimate of drug-likeness (QED) is 0.261. The SMILES string of the molecule is C[C-]1C(C[Si](C)(C)[N-]C(C)(C)C)CCC1C[Si](C)(C)[N-]C(C)(C)C.C[N-]C.[Zr+4]. The molecule has 0 saturated heterocycles. The molecule has 1 fully saturated rings. The third-order valence-electron chi connectivity index (χ3n) is 4.92. The topological polar surface area (TPSA) is 42.3 Å². The summed E-state index contributed by atoms with van der Waals surface area (Å²) >= 11 is 0. The summed E-state index contributed by atoms with van der Waals surface area (Å²) in [4.78, 5) is 10.4. The Kier molecular flexibility index (Phi) is 13.8. The van der Waals surface area contributed by atoms with Gasteiger partial charge in [-0.1, -0.05) is 109 Å². The standard InChI is InChI=1S/C20H43N2Si2.C2H6N.Zr/c1-16-17(14-23(8,9)21-19(2,3)4)12-13-18(16)15-24(10,11)22-20(5,6)7;1-3-2;/h17-18H,12-15H2,1-11H3;1-2H3;/q-3;-1;+4. The summed E-state index contributed by atoms with van der Waals surface area (Å²) in [5.74, 6) is 3.38. The third-order valence-corrected chi connectivity index (χ3v) is 10.5. The van der Waals surface area contributed by atoms with Crippen molar-refractivity contribution in [3.05, 3.63) is 21.2 Å². The Morgan fingerprint density at radius 3 is 1.21 bits per heavy atom. The van der Waals surface area contributed by atoms with E-state index in [1.165, 1.54) is 24.9 Å². The van der Waals surface area contributed by atoms with E-state index in [1.807, 2.05) is 0 Å². The third kappa shape index (κ3) is 14.2. The maximum absolute atomic E-state index is 5.20. The molecule has 6 heteroatoms. The predicted octanol–water partition coefficient (Wildman–Crippen LogP) is 7.98. The molecule has 0 heterocycles. The summed E-state index contributed by atoms with van der Waals surface area (Å²) in [5, 5.41) is 3.50. The van der Waals surface area contributed by atoms with E-state index in [4.69, 9.17) is 9.96 Å². The van der Waals surface area contributed by atoms with Crippen molar-refractivity contribution >= 4 is 16.5 Å². The van der Waals surface area contributed by atoms with Gasteiger partial charge in [0.15, 0.2) is 0 Å². The van der Waals surface area contributed by atoms with Crippen LogP contribution in [-0.2, 0) is 26.2 Å². The molecule has 0 aliphatic heterocycles. The molecule has 0 aromatic heterocycles. The number of rotatable bonds is 6. The van der Waals surface area contributed by atoms with Crippen LogP contribution in [0.3, 0.4) is 0 Å². The predicted molar refractivity (Wildman–Crippen MR) is 131 cm³/mol. The maximum atomic E-state index is 5.20. The Morgan fingerprint density at radius 2 is 1.00 bits per heavy atom. The molecule has 0 N–H and O–H groups in total. The number of nitrogens with zero attached hydrogens (tertiary/aromatic N) is 3. The normalized spacial score (nSPS) is 21.8. The van der Waals surface area contributed by atoms with Crippen molar-refractivity contribution < 1.29 is 26.2 Å². The van der Waals surface area contributed by atoms with Crippen LogP contribution in [0.4, 0.5) is 0 Å². The molecule has 0 bridgehead atoms. The second-order valence-corrected chi connectivity index (χ2v) is 20.3. The van der Waals surface area contributed by atoms with E-state index >= 15 is 0 Å². The maximum Gasteiger partial charge on any atom is 4.00 e. The fourth-order valence-electron chi connectivity index (χ4n) is 4.83. The molecule has 1 aliphatic rings. The minimum atomic E-state index is -1.48. The molecule has 0 radical (unpaired) electrons. The van der Waals surface area contributed by atoms with Crippen molar-refractivity contribution in [2.24, 2.45) is 11.8 Å². The zero-order chi connectivity index (χ0) is 21.7. The van der Waals surface area contributed by atoms with E-state index < -0.39 is 16.5 Å². The summed E-state index contributed by atoms with van der Waals surface area (Å²) < 4.78 is 0. The van der Waals surface area contributed by atoms with Crippen LogP contribution in [-0.4, -0.2) is 41.6 Å². The first-order valence-electron chi connectivity index (χ1n) is 10.7. The summed E-state index contributed by atoms with van der Waals surface area (Å²) in [5.41, 5.74) is 0.226. The molecule has 1 saturated carbocycles. The van der Waals surface area contributed by atoms with Gasteiger partial charge in [0, 0.05) is 0 Å². The summed E-state index contributed by atoms with van der Waals surface area (Å²) in [6.45, 7) is 25.7. The van der Waals surface area contributed by atoms with Gasteiger partial charge >= 0.3 is 26.2 Å². The molecule has 2 atom stereocenters. The van der Waals surface area contributed by atoms with Gasteiger partial charge < -0.3 is 21.2 Å². The van der Waals surface area contributed by atoms with Crippen LogP contribution in [0.15, 0.2) is 0 Å². The minimum absolute atomic E-state index is 0. The van der Waals surface area contributed by atoms with Crippen LogP contribution in [0.2, 0.25) is 38.3 Å². The van der Waals surface area contributed by atoms with Gasteiger partial charge in [-0.15, -0.1) is 11.1 Å². The van der Waals surface area contributed by atoms with E-state index in [0.717, 1.165) is 11.8 Å². The summed E-state index contributed by atoms with van der Waals surface area (Å²) in [6, 6.07) is 2.68. The van der Waals surface area contributed by atoms with Crippen molar-refractivity contribution in [1.82, 2.24) is 0 Å². The van der Waals surface area contributed by atoms with Crippen LogP contribution >= 0.6 is 0 Å². The molecule has 0 amide bonds. The molecule has 2 unspecified atom stereocenters. The first-order valence-corrected chi connectivity index (χ1v) is 17.0. The fourth-order valence-corrected chi connectivity index (χ4v) is 12.1. The van der Waals surface area contributed by atoms with Gasteiger partial charge in [-0.3, -0.25) is 0 Å². The van der Waals surface area contributed by atoms with Crippen LogP contribution in [0.1, 0.15) is 61.3 Å². The molecular weight excluding hydrogens is 454 g/mol. The Labute approximate surface area is 199 Å². The molecule has 0 aromatic rings.